The molecule has 7 heteroatoms. The molecule has 1 unspecified atom stereocenters. The number of carbonyl (C=O) groups is 2. The number of nitrogens with one attached hydrogen (secondary N) is 2. The Morgan fingerprint density at radius 1 is 1.39 bits per heavy atom. The molecule has 0 aliphatic rings. The summed E-state index contributed by atoms with van der Waals surface area (Å²) in [5.74, 6) is -1.45. The summed E-state index contributed by atoms with van der Waals surface area (Å²) in [7, 11) is 0. The Morgan fingerprint density at radius 2 is 2.06 bits per heavy atom. The second kappa shape index (κ2) is 6.75. The molecular weight excluding hydrogens is 368 g/mol. The molecule has 3 N–H and O–H groups in total. The highest BCUT2D eigenvalue weighted by molar-refractivity contribution is 9.11. The first-order valence-electron chi connectivity index (χ1n) is 5.09. The van der Waals surface area contributed by atoms with E-state index >= 15 is 0 Å². The normalized spacial score (nSPS) is 11.7. The maximum absolute atomic E-state index is 10.9. The lowest BCUT2D eigenvalue weighted by atomic mass is 10.2. The van der Waals surface area contributed by atoms with Crippen LogP contribution in [-0.2, 0) is 9.59 Å². The second-order valence-corrected chi connectivity index (χ2v) is 5.37. The SMILES string of the molecule is CC(=O)NC(CNc1ccc(Br)cc1Br)C(=O)O. The quantitative estimate of drug-likeness (QED) is 0.732. The van der Waals surface area contributed by atoms with E-state index in [1.807, 2.05) is 12.1 Å². The molecule has 0 saturated heterocycles. The van der Waals surface area contributed by atoms with Crippen molar-refractivity contribution in [2.75, 3.05) is 11.9 Å². The molecule has 0 aliphatic heterocycles. The molecule has 0 fully saturated rings. The summed E-state index contributed by atoms with van der Waals surface area (Å²) < 4.78 is 1.72. The van der Waals surface area contributed by atoms with Crippen LogP contribution in [0.15, 0.2) is 27.1 Å². The van der Waals surface area contributed by atoms with Crippen molar-refractivity contribution in [1.82, 2.24) is 5.32 Å². The molecule has 0 aromatic heterocycles. The van der Waals surface area contributed by atoms with Gasteiger partial charge in [0.15, 0.2) is 0 Å². The lowest BCUT2D eigenvalue weighted by Gasteiger charge is -2.15. The molecule has 0 bridgehead atoms. The fourth-order valence-electron chi connectivity index (χ4n) is 1.29. The van der Waals surface area contributed by atoms with E-state index in [2.05, 4.69) is 42.5 Å². The van der Waals surface area contributed by atoms with Crippen molar-refractivity contribution < 1.29 is 14.7 Å². The first kappa shape index (κ1) is 15.0. The van der Waals surface area contributed by atoms with Crippen molar-refractivity contribution in [2.45, 2.75) is 13.0 Å². The zero-order valence-corrected chi connectivity index (χ0v) is 12.7. The monoisotopic (exact) mass is 378 g/mol. The third-order valence-corrected chi connectivity index (χ3v) is 3.25. The summed E-state index contributed by atoms with van der Waals surface area (Å²) >= 11 is 6.68. The Morgan fingerprint density at radius 3 is 2.56 bits per heavy atom. The standard InChI is InChI=1S/C11H12Br2N2O3/c1-6(16)15-10(11(17)18)5-14-9-3-2-7(12)4-8(9)13/h2-4,10,14H,5H2,1H3,(H,15,16)(H,17,18). The van der Waals surface area contributed by atoms with Gasteiger partial charge >= 0.3 is 5.97 Å². The predicted molar refractivity (Wildman–Crippen MR) is 75.6 cm³/mol. The van der Waals surface area contributed by atoms with Crippen molar-refractivity contribution in [3.05, 3.63) is 27.1 Å². The number of hydrogen-bond donors (Lipinski definition) is 3. The van der Waals surface area contributed by atoms with Gasteiger partial charge in [0, 0.05) is 28.1 Å². The van der Waals surface area contributed by atoms with E-state index < -0.39 is 12.0 Å². The van der Waals surface area contributed by atoms with Crippen molar-refractivity contribution in [1.29, 1.82) is 0 Å². The molecule has 0 spiro atoms. The van der Waals surface area contributed by atoms with E-state index in [9.17, 15) is 9.59 Å². The minimum atomic E-state index is -1.08. The van der Waals surface area contributed by atoms with Gasteiger partial charge in [0.1, 0.15) is 6.04 Å². The molecule has 0 heterocycles. The zero-order valence-electron chi connectivity index (χ0n) is 9.54. The summed E-state index contributed by atoms with van der Waals surface area (Å²) in [5, 5.41) is 14.3. The van der Waals surface area contributed by atoms with E-state index in [0.29, 0.717) is 0 Å². The van der Waals surface area contributed by atoms with Gasteiger partial charge in [-0.2, -0.15) is 0 Å². The Labute approximate surface area is 121 Å². The van der Waals surface area contributed by atoms with Gasteiger partial charge in [0.2, 0.25) is 5.91 Å². The maximum Gasteiger partial charge on any atom is 0.328 e. The zero-order chi connectivity index (χ0) is 13.7. The molecular formula is C11H12Br2N2O3. The summed E-state index contributed by atoms with van der Waals surface area (Å²) in [6.45, 7) is 1.39. The predicted octanol–water partition coefficient (Wildman–Crippen LogP) is 2.21. The van der Waals surface area contributed by atoms with E-state index in [1.165, 1.54) is 6.92 Å². The number of hydrogen-bond acceptors (Lipinski definition) is 3. The number of halogens is 2. The lowest BCUT2D eigenvalue weighted by molar-refractivity contribution is -0.141. The fraction of sp³-hybridized carbons (Fsp3) is 0.273. The number of carboxylic acids is 1. The van der Waals surface area contributed by atoms with Crippen molar-refractivity contribution in [3.8, 4) is 0 Å². The van der Waals surface area contributed by atoms with Crippen LogP contribution >= 0.6 is 31.9 Å². The van der Waals surface area contributed by atoms with Gasteiger partial charge in [0.05, 0.1) is 0 Å². The van der Waals surface area contributed by atoms with Gasteiger partial charge in [-0.25, -0.2) is 4.79 Å². The Balaban J connectivity index is 2.66. The van der Waals surface area contributed by atoms with Crippen molar-refractivity contribution in [2.24, 2.45) is 0 Å². The third kappa shape index (κ3) is 4.66. The van der Waals surface area contributed by atoms with Crippen molar-refractivity contribution >= 4 is 49.4 Å². The van der Waals surface area contributed by atoms with E-state index in [4.69, 9.17) is 5.11 Å². The minimum Gasteiger partial charge on any atom is -0.480 e. The molecule has 98 valence electrons. The molecule has 0 saturated carbocycles. The van der Waals surface area contributed by atoms with Crippen LogP contribution < -0.4 is 10.6 Å². The average Bonchev–Trinajstić information content (AvgIpc) is 2.25. The molecule has 0 aliphatic carbocycles. The number of benzene rings is 1. The highest BCUT2D eigenvalue weighted by Gasteiger charge is 2.18. The first-order chi connectivity index (χ1) is 8.40. The number of amides is 1. The summed E-state index contributed by atoms with van der Waals surface area (Å²) in [6, 6.07) is 4.52. The first-order valence-corrected chi connectivity index (χ1v) is 6.67. The Kier molecular flexibility index (Phi) is 5.61. The number of carbonyl (C=O) groups excluding carboxylic acids is 1. The summed E-state index contributed by atoms with van der Waals surface area (Å²) in [4.78, 5) is 21.8. The molecule has 1 rings (SSSR count). The summed E-state index contributed by atoms with van der Waals surface area (Å²) in [6.07, 6.45) is 0. The highest BCUT2D eigenvalue weighted by Crippen LogP contribution is 2.25. The molecule has 1 amide bonds. The average molecular weight is 380 g/mol. The van der Waals surface area contributed by atoms with Gasteiger partial charge in [0.25, 0.3) is 0 Å². The van der Waals surface area contributed by atoms with Crippen LogP contribution in [-0.4, -0.2) is 29.6 Å². The van der Waals surface area contributed by atoms with E-state index in [1.54, 1.807) is 6.07 Å². The smallest absolute Gasteiger partial charge is 0.328 e. The lowest BCUT2D eigenvalue weighted by Crippen LogP contribution is -2.44. The van der Waals surface area contributed by atoms with Gasteiger partial charge in [-0.15, -0.1) is 0 Å². The number of carboxylic acid groups (broad SMARTS) is 1. The van der Waals surface area contributed by atoms with E-state index in [-0.39, 0.29) is 12.5 Å². The van der Waals surface area contributed by atoms with Gasteiger partial charge < -0.3 is 15.7 Å². The molecule has 1 aromatic carbocycles. The molecule has 0 radical (unpaired) electrons. The number of anilines is 1. The second-order valence-electron chi connectivity index (χ2n) is 3.60. The number of rotatable bonds is 5. The van der Waals surface area contributed by atoms with E-state index in [0.717, 1.165) is 14.6 Å². The Bertz CT molecular complexity index is 466. The van der Waals surface area contributed by atoms with Crippen LogP contribution in [0, 0.1) is 0 Å². The largest absolute Gasteiger partial charge is 0.480 e. The van der Waals surface area contributed by atoms with Crippen LogP contribution in [0.2, 0.25) is 0 Å². The number of aliphatic carboxylic acids is 1. The maximum atomic E-state index is 10.9. The molecule has 18 heavy (non-hydrogen) atoms. The van der Waals surface area contributed by atoms with Crippen LogP contribution in [0.3, 0.4) is 0 Å². The molecule has 1 atom stereocenters. The third-order valence-electron chi connectivity index (χ3n) is 2.10. The van der Waals surface area contributed by atoms with Gasteiger partial charge in [-0.3, -0.25) is 4.79 Å². The minimum absolute atomic E-state index is 0.106. The van der Waals surface area contributed by atoms with Crippen LogP contribution in [0.25, 0.3) is 0 Å². The summed E-state index contributed by atoms with van der Waals surface area (Å²) in [5.41, 5.74) is 0.759. The van der Waals surface area contributed by atoms with Gasteiger partial charge in [-0.05, 0) is 34.1 Å². The van der Waals surface area contributed by atoms with Crippen LogP contribution in [0.5, 0.6) is 0 Å². The fourth-order valence-corrected chi connectivity index (χ4v) is 2.48. The molecule has 5 nitrogen and oxygen atoms in total. The highest BCUT2D eigenvalue weighted by atomic mass is 79.9. The van der Waals surface area contributed by atoms with Gasteiger partial charge in [-0.1, -0.05) is 15.9 Å². The van der Waals surface area contributed by atoms with Crippen molar-refractivity contribution in [3.63, 3.8) is 0 Å². The molecule has 1 aromatic rings. The van der Waals surface area contributed by atoms with Crippen LogP contribution in [0.4, 0.5) is 5.69 Å². The topological polar surface area (TPSA) is 78.4 Å². The Hall–Kier alpha value is -1.08. The van der Waals surface area contributed by atoms with Crippen LogP contribution in [0.1, 0.15) is 6.92 Å².